The van der Waals surface area contributed by atoms with Crippen molar-refractivity contribution in [1.82, 2.24) is 14.4 Å². The van der Waals surface area contributed by atoms with Crippen molar-refractivity contribution in [1.29, 1.82) is 5.26 Å². The van der Waals surface area contributed by atoms with Crippen LogP contribution in [0.3, 0.4) is 0 Å². The van der Waals surface area contributed by atoms with E-state index in [0.29, 0.717) is 56.9 Å². The van der Waals surface area contributed by atoms with Crippen LogP contribution in [-0.4, -0.2) is 58.7 Å². The van der Waals surface area contributed by atoms with Gasteiger partial charge in [0, 0.05) is 37.4 Å². The molecule has 1 aromatic heterocycles. The minimum absolute atomic E-state index is 0.0272. The highest BCUT2D eigenvalue weighted by molar-refractivity contribution is 5.94. The summed E-state index contributed by atoms with van der Waals surface area (Å²) in [6, 6.07) is 11.5. The van der Waals surface area contributed by atoms with E-state index in [1.165, 1.54) is 0 Å². The van der Waals surface area contributed by atoms with Crippen LogP contribution in [0, 0.1) is 18.3 Å². The van der Waals surface area contributed by atoms with Gasteiger partial charge in [-0.15, -0.1) is 0 Å². The molecule has 0 aliphatic carbocycles. The molecule has 0 bridgehead atoms. The van der Waals surface area contributed by atoms with E-state index in [2.05, 4.69) is 6.07 Å². The topological polar surface area (TPSA) is 87.8 Å². The number of carbonyl (C=O) groups excluding carboxylic acids is 2. The number of likely N-dealkylation sites (tertiary alicyclic amines) is 1. The SMILES string of the molecule is CCOC(=O)N1CCn2c(C#N)ccc2C12CCN(C(=O)c1ccc(OC(C)C)c(C)c1)CC2. The summed E-state index contributed by atoms with van der Waals surface area (Å²) in [7, 11) is 0. The van der Waals surface area contributed by atoms with Gasteiger partial charge in [-0.3, -0.25) is 9.69 Å². The smallest absolute Gasteiger partial charge is 0.410 e. The summed E-state index contributed by atoms with van der Waals surface area (Å²) in [4.78, 5) is 29.8. The lowest BCUT2D eigenvalue weighted by atomic mass is 9.81. The van der Waals surface area contributed by atoms with Crippen LogP contribution in [0.1, 0.15) is 60.9 Å². The van der Waals surface area contributed by atoms with E-state index in [4.69, 9.17) is 9.47 Å². The molecular formula is C26H32N4O4. The molecule has 1 saturated heterocycles. The average Bonchev–Trinajstić information content (AvgIpc) is 3.25. The molecule has 180 valence electrons. The number of carbonyl (C=O) groups is 2. The third kappa shape index (κ3) is 4.11. The lowest BCUT2D eigenvalue weighted by Crippen LogP contribution is -2.60. The Kier molecular flexibility index (Phi) is 6.56. The molecule has 1 fully saturated rings. The second kappa shape index (κ2) is 9.41. The van der Waals surface area contributed by atoms with Crippen LogP contribution < -0.4 is 4.74 Å². The third-order valence-electron chi connectivity index (χ3n) is 6.79. The second-order valence-corrected chi connectivity index (χ2v) is 9.19. The van der Waals surface area contributed by atoms with Gasteiger partial charge in [0.1, 0.15) is 17.5 Å². The Morgan fingerprint density at radius 1 is 1.12 bits per heavy atom. The first-order chi connectivity index (χ1) is 16.3. The first-order valence-corrected chi connectivity index (χ1v) is 11.9. The fraction of sp³-hybridized carbons (Fsp3) is 0.500. The summed E-state index contributed by atoms with van der Waals surface area (Å²) >= 11 is 0. The van der Waals surface area contributed by atoms with Crippen molar-refractivity contribution in [3.63, 3.8) is 0 Å². The molecule has 1 aromatic carbocycles. The van der Waals surface area contributed by atoms with Crippen molar-refractivity contribution in [2.75, 3.05) is 26.2 Å². The van der Waals surface area contributed by atoms with Gasteiger partial charge in [-0.05, 0) is 76.4 Å². The van der Waals surface area contributed by atoms with Crippen molar-refractivity contribution in [3.8, 4) is 11.8 Å². The molecule has 0 unspecified atom stereocenters. The molecule has 2 aliphatic heterocycles. The van der Waals surface area contributed by atoms with Crippen LogP contribution in [0.25, 0.3) is 0 Å². The largest absolute Gasteiger partial charge is 0.491 e. The minimum Gasteiger partial charge on any atom is -0.491 e. The number of benzene rings is 1. The molecular weight excluding hydrogens is 432 g/mol. The van der Waals surface area contributed by atoms with Crippen molar-refractivity contribution in [2.45, 2.75) is 58.7 Å². The highest BCUT2D eigenvalue weighted by atomic mass is 16.6. The summed E-state index contributed by atoms with van der Waals surface area (Å²) in [5.41, 5.74) is 2.50. The van der Waals surface area contributed by atoms with E-state index in [9.17, 15) is 14.9 Å². The van der Waals surface area contributed by atoms with E-state index < -0.39 is 5.54 Å². The van der Waals surface area contributed by atoms with Crippen molar-refractivity contribution in [3.05, 3.63) is 52.8 Å². The third-order valence-corrected chi connectivity index (χ3v) is 6.79. The molecule has 3 heterocycles. The predicted molar refractivity (Wildman–Crippen MR) is 127 cm³/mol. The molecule has 2 amide bonds. The van der Waals surface area contributed by atoms with E-state index in [0.717, 1.165) is 17.0 Å². The number of nitriles is 1. The molecule has 0 atom stereocenters. The minimum atomic E-state index is -0.596. The number of amides is 2. The number of aromatic nitrogens is 1. The van der Waals surface area contributed by atoms with Gasteiger partial charge in [-0.1, -0.05) is 0 Å². The van der Waals surface area contributed by atoms with Crippen LogP contribution in [0.2, 0.25) is 0 Å². The molecule has 8 heteroatoms. The molecule has 4 rings (SSSR count). The zero-order valence-electron chi connectivity index (χ0n) is 20.3. The Labute approximate surface area is 200 Å². The zero-order chi connectivity index (χ0) is 24.5. The number of nitrogens with zero attached hydrogens (tertiary/aromatic N) is 4. The number of ether oxygens (including phenoxy) is 2. The number of hydrogen-bond donors (Lipinski definition) is 0. The quantitative estimate of drug-likeness (QED) is 0.681. The van der Waals surface area contributed by atoms with Crippen molar-refractivity contribution < 1.29 is 19.1 Å². The van der Waals surface area contributed by atoms with E-state index in [-0.39, 0.29) is 18.1 Å². The van der Waals surface area contributed by atoms with Crippen LogP contribution in [-0.2, 0) is 16.8 Å². The number of fused-ring (bicyclic) bond motifs is 2. The van der Waals surface area contributed by atoms with E-state index in [1.54, 1.807) is 11.8 Å². The van der Waals surface area contributed by atoms with Crippen molar-refractivity contribution >= 4 is 12.0 Å². The maximum Gasteiger partial charge on any atom is 0.410 e. The molecule has 2 aromatic rings. The standard InChI is InChI=1S/C26H32N4O4/c1-5-33-25(32)30-15-14-29-21(17-27)7-9-23(29)26(30)10-12-28(13-11-26)24(31)20-6-8-22(19(4)16-20)34-18(2)3/h6-9,16,18H,5,10-15H2,1-4H3. The fourth-order valence-corrected chi connectivity index (χ4v) is 5.19. The highest BCUT2D eigenvalue weighted by Gasteiger charge is 2.49. The second-order valence-electron chi connectivity index (χ2n) is 9.19. The fourth-order valence-electron chi connectivity index (χ4n) is 5.19. The van der Waals surface area contributed by atoms with Gasteiger partial charge in [-0.2, -0.15) is 5.26 Å². The Morgan fingerprint density at radius 2 is 1.85 bits per heavy atom. The number of piperidine rings is 1. The van der Waals surface area contributed by atoms with Gasteiger partial charge in [0.05, 0.1) is 18.2 Å². The summed E-state index contributed by atoms with van der Waals surface area (Å²) in [5.74, 6) is 0.756. The number of rotatable bonds is 4. The molecule has 34 heavy (non-hydrogen) atoms. The molecule has 2 aliphatic rings. The summed E-state index contributed by atoms with van der Waals surface area (Å²) in [5, 5.41) is 9.52. The Morgan fingerprint density at radius 3 is 2.47 bits per heavy atom. The molecule has 0 N–H and O–H groups in total. The van der Waals surface area contributed by atoms with Crippen LogP contribution in [0.5, 0.6) is 5.75 Å². The highest BCUT2D eigenvalue weighted by Crippen LogP contribution is 2.43. The van der Waals surface area contributed by atoms with Crippen LogP contribution in [0.4, 0.5) is 4.79 Å². The maximum atomic E-state index is 13.3. The first-order valence-electron chi connectivity index (χ1n) is 11.9. The van der Waals surface area contributed by atoms with Gasteiger partial charge < -0.3 is 18.9 Å². The zero-order valence-corrected chi connectivity index (χ0v) is 20.3. The Balaban J connectivity index is 1.57. The van der Waals surface area contributed by atoms with Gasteiger partial charge in [0.25, 0.3) is 5.91 Å². The predicted octanol–water partition coefficient (Wildman–Crippen LogP) is 4.06. The Bertz CT molecular complexity index is 1120. The van der Waals surface area contributed by atoms with Gasteiger partial charge in [0.2, 0.25) is 0 Å². The number of aryl methyl sites for hydroxylation is 1. The molecule has 8 nitrogen and oxygen atoms in total. The van der Waals surface area contributed by atoms with Crippen LogP contribution in [0.15, 0.2) is 30.3 Å². The maximum absolute atomic E-state index is 13.3. The first kappa shape index (κ1) is 23.7. The molecule has 1 spiro atoms. The normalized spacial score (nSPS) is 16.8. The lowest BCUT2D eigenvalue weighted by Gasteiger charge is -2.51. The van der Waals surface area contributed by atoms with E-state index >= 15 is 0 Å². The number of hydrogen-bond acceptors (Lipinski definition) is 5. The lowest BCUT2D eigenvalue weighted by molar-refractivity contribution is -0.00457. The van der Waals surface area contributed by atoms with E-state index in [1.807, 2.05) is 60.6 Å². The van der Waals surface area contributed by atoms with Crippen molar-refractivity contribution in [2.24, 2.45) is 0 Å². The molecule has 0 saturated carbocycles. The summed E-state index contributed by atoms with van der Waals surface area (Å²) in [6.07, 6.45) is 0.890. The summed E-state index contributed by atoms with van der Waals surface area (Å²) < 4.78 is 13.2. The monoisotopic (exact) mass is 464 g/mol. The average molecular weight is 465 g/mol. The van der Waals surface area contributed by atoms with Gasteiger partial charge in [0.15, 0.2) is 0 Å². The van der Waals surface area contributed by atoms with Crippen LogP contribution >= 0.6 is 0 Å². The van der Waals surface area contributed by atoms with Gasteiger partial charge in [-0.25, -0.2) is 4.79 Å². The van der Waals surface area contributed by atoms with Gasteiger partial charge >= 0.3 is 6.09 Å². The summed E-state index contributed by atoms with van der Waals surface area (Å²) in [6.45, 7) is 10.0. The Hall–Kier alpha value is -3.47. The molecule has 0 radical (unpaired) electrons.